The lowest BCUT2D eigenvalue weighted by Crippen LogP contribution is -2.40. The number of rotatable bonds is 3. The first-order valence-corrected chi connectivity index (χ1v) is 10.2. The number of carbonyl (C=O) groups is 1. The van der Waals surface area contributed by atoms with Crippen molar-refractivity contribution in [3.63, 3.8) is 0 Å². The van der Waals surface area contributed by atoms with Crippen LogP contribution in [0.5, 0.6) is 0 Å². The quantitative estimate of drug-likeness (QED) is 0.693. The Morgan fingerprint density at radius 2 is 1.83 bits per heavy atom. The highest BCUT2D eigenvalue weighted by molar-refractivity contribution is 5.94. The Labute approximate surface area is 174 Å². The molecule has 0 spiro atoms. The van der Waals surface area contributed by atoms with Crippen molar-refractivity contribution < 1.29 is 14.3 Å². The first-order chi connectivity index (χ1) is 14.5. The van der Waals surface area contributed by atoms with Crippen LogP contribution in [0, 0.1) is 5.82 Å². The van der Waals surface area contributed by atoms with Crippen LogP contribution in [0.3, 0.4) is 0 Å². The zero-order valence-corrected chi connectivity index (χ0v) is 17.2. The van der Waals surface area contributed by atoms with E-state index in [2.05, 4.69) is 10.2 Å². The number of piperidine rings is 1. The molecule has 6 nitrogen and oxygen atoms in total. The maximum atomic E-state index is 14.3. The Morgan fingerprint density at radius 1 is 1.17 bits per heavy atom. The van der Waals surface area contributed by atoms with E-state index < -0.39 is 11.9 Å². The minimum atomic E-state index is -0.570. The number of carbonyl (C=O) groups excluding carboxylic acids is 1. The van der Waals surface area contributed by atoms with Crippen LogP contribution in [-0.2, 0) is 6.42 Å². The molecule has 0 saturated carbocycles. The van der Waals surface area contributed by atoms with E-state index in [1.165, 1.54) is 6.07 Å². The number of aliphatic hydroxyl groups excluding tert-OH is 1. The topological polar surface area (TPSA) is 86.3 Å². The van der Waals surface area contributed by atoms with Gasteiger partial charge < -0.3 is 10.0 Å². The number of hydrogen-bond donors (Lipinski definition) is 2. The van der Waals surface area contributed by atoms with E-state index in [-0.39, 0.29) is 17.0 Å². The Bertz CT molecular complexity index is 1090. The van der Waals surface area contributed by atoms with E-state index in [4.69, 9.17) is 0 Å². The molecule has 30 heavy (non-hydrogen) atoms. The average Bonchev–Trinajstić information content (AvgIpc) is 2.78. The molecule has 0 unspecified atom stereocenters. The molecular formula is C23H26FN3O3. The summed E-state index contributed by atoms with van der Waals surface area (Å²) in [6.45, 7) is 4.82. The number of nitrogens with one attached hydrogen (secondary N) is 1. The minimum absolute atomic E-state index is 0.0163. The van der Waals surface area contributed by atoms with Gasteiger partial charge in [0.15, 0.2) is 0 Å². The number of benzene rings is 2. The first-order valence-electron chi connectivity index (χ1n) is 10.2. The number of nitrogens with zero attached hydrogens (tertiary/aromatic N) is 2. The van der Waals surface area contributed by atoms with E-state index in [1.54, 1.807) is 29.2 Å². The van der Waals surface area contributed by atoms with Crippen LogP contribution in [-0.4, -0.2) is 45.3 Å². The number of aromatic amines is 1. The summed E-state index contributed by atoms with van der Waals surface area (Å²) in [7, 11) is 0. The van der Waals surface area contributed by atoms with Gasteiger partial charge in [-0.2, -0.15) is 5.10 Å². The predicted octanol–water partition coefficient (Wildman–Crippen LogP) is 3.28. The number of H-pyrrole nitrogens is 1. The summed E-state index contributed by atoms with van der Waals surface area (Å²) in [5.74, 6) is -0.940. The largest absolute Gasteiger partial charge is 0.393 e. The molecule has 2 heterocycles. The van der Waals surface area contributed by atoms with Crippen molar-refractivity contribution in [2.45, 2.75) is 39.2 Å². The van der Waals surface area contributed by atoms with Crippen LogP contribution >= 0.6 is 0 Å². The number of likely N-dealkylation sites (tertiary alicyclic amines) is 1. The van der Waals surface area contributed by atoms with Gasteiger partial charge in [0, 0.05) is 24.9 Å². The van der Waals surface area contributed by atoms with E-state index in [9.17, 15) is 19.1 Å². The Hall–Kier alpha value is -3.06. The number of hydrogen-bond acceptors (Lipinski definition) is 4. The lowest BCUT2D eigenvalue weighted by molar-refractivity contribution is 0.0542. The lowest BCUT2D eigenvalue weighted by atomic mass is 10.0. The molecule has 0 aliphatic carbocycles. The fraction of sp³-hybridized carbons (Fsp3) is 0.348. The van der Waals surface area contributed by atoms with Crippen LogP contribution in [0.1, 0.15) is 48.3 Å². The Balaban J connectivity index is 0.00000124. The standard InChI is InChI=1S/C21H20FN3O3.C2H6/c22-18-6-5-13(11-17(18)21(28)25-9-7-14(26)8-10-25)12-19-15-3-1-2-4-16(15)20(27)24-23-19;1-2/h1-6,11,14,26H,7-10,12H2,(H,24,27);1-2H3. The summed E-state index contributed by atoms with van der Waals surface area (Å²) in [6, 6.07) is 11.6. The molecule has 0 atom stereocenters. The minimum Gasteiger partial charge on any atom is -0.393 e. The molecule has 2 aromatic carbocycles. The van der Waals surface area contributed by atoms with Gasteiger partial charge in [-0.25, -0.2) is 9.49 Å². The van der Waals surface area contributed by atoms with Crippen LogP contribution in [0.25, 0.3) is 10.8 Å². The SMILES string of the molecule is CC.O=C(c1cc(Cc2n[nH]c(=O)c3ccccc23)ccc1F)N1CCC(O)CC1. The number of halogens is 1. The highest BCUT2D eigenvalue weighted by Gasteiger charge is 2.24. The number of amides is 1. The van der Waals surface area contributed by atoms with E-state index >= 15 is 0 Å². The monoisotopic (exact) mass is 411 g/mol. The molecule has 0 radical (unpaired) electrons. The van der Waals surface area contributed by atoms with Crippen LogP contribution in [0.15, 0.2) is 47.3 Å². The van der Waals surface area contributed by atoms with Crippen molar-refractivity contribution in [1.29, 1.82) is 0 Å². The molecule has 1 aliphatic heterocycles. The highest BCUT2D eigenvalue weighted by atomic mass is 19.1. The van der Waals surface area contributed by atoms with Gasteiger partial charge in [0.2, 0.25) is 0 Å². The maximum absolute atomic E-state index is 14.3. The smallest absolute Gasteiger partial charge is 0.272 e. The lowest BCUT2D eigenvalue weighted by Gasteiger charge is -2.29. The van der Waals surface area contributed by atoms with Crippen LogP contribution in [0.4, 0.5) is 4.39 Å². The molecular weight excluding hydrogens is 385 g/mol. The van der Waals surface area contributed by atoms with Gasteiger partial charge in [-0.05, 0) is 36.6 Å². The zero-order chi connectivity index (χ0) is 21.7. The summed E-state index contributed by atoms with van der Waals surface area (Å²) in [6.07, 6.45) is 0.955. The Morgan fingerprint density at radius 3 is 2.53 bits per heavy atom. The van der Waals surface area contributed by atoms with E-state index in [1.807, 2.05) is 26.0 Å². The van der Waals surface area contributed by atoms with Crippen molar-refractivity contribution in [2.24, 2.45) is 0 Å². The molecule has 1 fully saturated rings. The molecule has 1 aliphatic rings. The highest BCUT2D eigenvalue weighted by Crippen LogP contribution is 2.21. The van der Waals surface area contributed by atoms with Gasteiger partial charge in [0.25, 0.3) is 11.5 Å². The van der Waals surface area contributed by atoms with Gasteiger partial charge >= 0.3 is 0 Å². The van der Waals surface area contributed by atoms with Crippen molar-refractivity contribution in [3.8, 4) is 0 Å². The average molecular weight is 411 g/mol. The van der Waals surface area contributed by atoms with Crippen molar-refractivity contribution in [2.75, 3.05) is 13.1 Å². The molecule has 158 valence electrons. The third-order valence-electron chi connectivity index (χ3n) is 5.16. The second-order valence-electron chi connectivity index (χ2n) is 7.06. The van der Waals surface area contributed by atoms with Crippen LogP contribution in [0.2, 0.25) is 0 Å². The molecule has 3 aromatic rings. The molecule has 1 saturated heterocycles. The summed E-state index contributed by atoms with van der Waals surface area (Å²) in [4.78, 5) is 26.2. The summed E-state index contributed by atoms with van der Waals surface area (Å²) >= 11 is 0. The zero-order valence-electron chi connectivity index (χ0n) is 17.2. The van der Waals surface area contributed by atoms with Crippen molar-refractivity contribution >= 4 is 16.7 Å². The normalized spacial score (nSPS) is 14.3. The van der Waals surface area contributed by atoms with Gasteiger partial charge in [0.1, 0.15) is 5.82 Å². The summed E-state index contributed by atoms with van der Waals surface area (Å²) in [5.41, 5.74) is 1.14. The maximum Gasteiger partial charge on any atom is 0.272 e. The third kappa shape index (κ3) is 4.57. The van der Waals surface area contributed by atoms with Gasteiger partial charge in [-0.1, -0.05) is 38.1 Å². The molecule has 4 rings (SSSR count). The third-order valence-corrected chi connectivity index (χ3v) is 5.16. The summed E-state index contributed by atoms with van der Waals surface area (Å²) in [5, 5.41) is 17.5. The van der Waals surface area contributed by atoms with Gasteiger partial charge in [-0.3, -0.25) is 9.59 Å². The molecule has 1 aromatic heterocycles. The number of fused-ring (bicyclic) bond motifs is 1. The fourth-order valence-electron chi connectivity index (χ4n) is 3.59. The van der Waals surface area contributed by atoms with Crippen molar-refractivity contribution in [3.05, 3.63) is 75.5 Å². The predicted molar refractivity (Wildman–Crippen MR) is 114 cm³/mol. The van der Waals surface area contributed by atoms with Gasteiger partial charge in [-0.15, -0.1) is 0 Å². The second kappa shape index (κ2) is 9.63. The van der Waals surface area contributed by atoms with Crippen LogP contribution < -0.4 is 5.56 Å². The van der Waals surface area contributed by atoms with Crippen molar-refractivity contribution in [1.82, 2.24) is 15.1 Å². The number of aliphatic hydroxyl groups is 1. The molecule has 2 N–H and O–H groups in total. The summed E-state index contributed by atoms with van der Waals surface area (Å²) < 4.78 is 14.3. The number of aromatic nitrogens is 2. The van der Waals surface area contributed by atoms with Gasteiger partial charge in [0.05, 0.1) is 22.7 Å². The molecule has 7 heteroatoms. The van der Waals surface area contributed by atoms with E-state index in [0.29, 0.717) is 43.4 Å². The molecule has 1 amide bonds. The molecule has 0 bridgehead atoms. The fourth-order valence-corrected chi connectivity index (χ4v) is 3.59. The van der Waals surface area contributed by atoms with E-state index in [0.717, 1.165) is 10.9 Å². The Kier molecular flexibility index (Phi) is 6.95. The second-order valence-corrected chi connectivity index (χ2v) is 7.06. The first kappa shape index (κ1) is 21.6.